The molecule has 0 spiro atoms. The maximum atomic E-state index is 13.7. The second-order valence-corrected chi connectivity index (χ2v) is 16.5. The molecule has 3 aromatic carbocycles. The van der Waals surface area contributed by atoms with Gasteiger partial charge in [-0.2, -0.15) is 0 Å². The number of ether oxygens (including phenoxy) is 3. The van der Waals surface area contributed by atoms with Crippen molar-refractivity contribution in [2.75, 3.05) is 33.9 Å². The van der Waals surface area contributed by atoms with Crippen LogP contribution < -0.4 is 15.4 Å². The molecule has 3 atom stereocenters. The summed E-state index contributed by atoms with van der Waals surface area (Å²) in [5.74, 6) is 1.40. The Hall–Kier alpha value is -6.81. The first kappa shape index (κ1) is 42.9. The lowest BCUT2D eigenvalue weighted by Crippen LogP contribution is -2.51. The second-order valence-electron chi connectivity index (χ2n) is 16.1. The van der Waals surface area contributed by atoms with Gasteiger partial charge in [-0.05, 0) is 67.1 Å². The smallest absolute Gasteiger partial charge is 0.407 e. The van der Waals surface area contributed by atoms with Crippen molar-refractivity contribution < 1.29 is 33.4 Å². The van der Waals surface area contributed by atoms with Gasteiger partial charge in [0, 0.05) is 51.3 Å². The van der Waals surface area contributed by atoms with E-state index in [4.69, 9.17) is 26.1 Å². The van der Waals surface area contributed by atoms with Crippen LogP contribution in [0, 0.1) is 5.92 Å². The fraction of sp³-hybridized carbons (Fsp3) is 0.348. The largest absolute Gasteiger partial charge is 0.480 e. The van der Waals surface area contributed by atoms with E-state index in [1.165, 1.54) is 14.2 Å². The SMILES string of the molecule is CCCN(Cc1ncc(-c2ccc3[nH]c4c(c3c2)C(c2ccc(Cl)cc2)Oc2cc(-c3cnc(C5CCCN5C(=O)CNC(=O)OC)[nH]3)ccc2-4)[nH]1)C(=O)C(NC(=O)OC)C(C)C. The summed E-state index contributed by atoms with van der Waals surface area (Å²) in [6, 6.07) is 18.9. The molecule has 0 saturated carbocycles. The quantitative estimate of drug-likeness (QED) is 0.0766. The zero-order valence-corrected chi connectivity index (χ0v) is 36.5. The van der Waals surface area contributed by atoms with Crippen molar-refractivity contribution in [1.29, 1.82) is 0 Å². The van der Waals surface area contributed by atoms with Crippen LogP contribution in [0.25, 0.3) is 44.7 Å². The number of alkyl carbamates (subject to hydrolysis) is 2. The first-order chi connectivity index (χ1) is 30.5. The number of methoxy groups -OCH3 is 2. The zero-order chi connectivity index (χ0) is 44.4. The first-order valence-corrected chi connectivity index (χ1v) is 21.4. The molecule has 328 valence electrons. The normalized spacial score (nSPS) is 16.0. The van der Waals surface area contributed by atoms with Crippen LogP contribution in [-0.2, 0) is 25.6 Å². The van der Waals surface area contributed by atoms with E-state index in [0.29, 0.717) is 35.5 Å². The predicted molar refractivity (Wildman–Crippen MR) is 237 cm³/mol. The predicted octanol–water partition coefficient (Wildman–Crippen LogP) is 7.89. The van der Waals surface area contributed by atoms with E-state index in [9.17, 15) is 19.2 Å². The Balaban J connectivity index is 1.09. The Morgan fingerprint density at radius 1 is 0.937 bits per heavy atom. The number of rotatable bonds is 13. The molecule has 0 bridgehead atoms. The zero-order valence-electron chi connectivity index (χ0n) is 35.7. The molecule has 2 aliphatic rings. The van der Waals surface area contributed by atoms with Crippen LogP contribution in [0.1, 0.15) is 75.0 Å². The van der Waals surface area contributed by atoms with Crippen LogP contribution in [-0.4, -0.2) is 98.6 Å². The number of nitrogens with one attached hydrogen (secondary N) is 5. The van der Waals surface area contributed by atoms with E-state index in [0.717, 1.165) is 75.1 Å². The van der Waals surface area contributed by atoms with Crippen molar-refractivity contribution in [2.24, 2.45) is 5.92 Å². The number of benzene rings is 3. The molecule has 3 unspecified atom stereocenters. The van der Waals surface area contributed by atoms with Gasteiger partial charge >= 0.3 is 12.2 Å². The molecule has 5 heterocycles. The van der Waals surface area contributed by atoms with Crippen LogP contribution in [0.3, 0.4) is 0 Å². The third kappa shape index (κ3) is 8.80. The second kappa shape index (κ2) is 18.3. The van der Waals surface area contributed by atoms with Gasteiger partial charge in [-0.3, -0.25) is 9.59 Å². The summed E-state index contributed by atoms with van der Waals surface area (Å²) >= 11 is 6.36. The summed E-state index contributed by atoms with van der Waals surface area (Å²) in [4.78, 5) is 73.7. The van der Waals surface area contributed by atoms with Crippen LogP contribution >= 0.6 is 11.6 Å². The molecular weight excluding hydrogens is 826 g/mol. The standard InChI is InChI=1S/C46H50ClN9O7/c1-6-17-55(44(58)40(25(2)3)54-46(60)62-5)24-37-48-21-33(51-37)27-12-16-32-31(19-27)39-41(52-32)30-15-11-28(20-36(30)63-42(39)26-9-13-29(47)14-10-26)34-22-49-43(53-34)35-8-7-18-56(35)38(57)23-50-45(59)61-4/h9-16,19-22,25,35,40,42,52H,6-8,17-18,23-24H2,1-5H3,(H,48,51)(H,49,53)(H,50,59)(H,54,60). The Kier molecular flexibility index (Phi) is 12.4. The van der Waals surface area contributed by atoms with Crippen LogP contribution in [0.2, 0.25) is 5.02 Å². The number of aromatic nitrogens is 5. The van der Waals surface area contributed by atoms with Gasteiger partial charge in [-0.1, -0.05) is 56.6 Å². The molecule has 5 N–H and O–H groups in total. The molecule has 63 heavy (non-hydrogen) atoms. The van der Waals surface area contributed by atoms with E-state index in [-0.39, 0.29) is 36.9 Å². The highest BCUT2D eigenvalue weighted by Gasteiger charge is 2.35. The van der Waals surface area contributed by atoms with Gasteiger partial charge in [0.1, 0.15) is 30.0 Å². The average Bonchev–Trinajstić information content (AvgIpc) is 4.13. The van der Waals surface area contributed by atoms with Gasteiger partial charge in [-0.25, -0.2) is 19.6 Å². The van der Waals surface area contributed by atoms with Crippen molar-refractivity contribution in [1.82, 2.24) is 45.4 Å². The van der Waals surface area contributed by atoms with Crippen molar-refractivity contribution in [3.63, 3.8) is 0 Å². The van der Waals surface area contributed by atoms with Gasteiger partial charge in [0.2, 0.25) is 11.8 Å². The Bertz CT molecular complexity index is 2650. The van der Waals surface area contributed by atoms with E-state index in [1.807, 2.05) is 75.4 Å². The maximum Gasteiger partial charge on any atom is 0.407 e. The number of imidazole rings is 2. The summed E-state index contributed by atoms with van der Waals surface area (Å²) in [6.07, 6.45) is 4.03. The highest BCUT2D eigenvalue weighted by Crippen LogP contribution is 2.49. The van der Waals surface area contributed by atoms with E-state index in [2.05, 4.69) is 41.4 Å². The summed E-state index contributed by atoms with van der Waals surface area (Å²) in [5, 5.41) is 6.75. The number of carbonyl (C=O) groups is 4. The summed E-state index contributed by atoms with van der Waals surface area (Å²) in [6.45, 7) is 6.89. The van der Waals surface area contributed by atoms with Crippen LogP contribution in [0.4, 0.5) is 9.59 Å². The summed E-state index contributed by atoms with van der Waals surface area (Å²) in [5.41, 5.74) is 7.97. The minimum absolute atomic E-state index is 0.153. The van der Waals surface area contributed by atoms with Gasteiger partial charge in [0.05, 0.1) is 56.3 Å². The van der Waals surface area contributed by atoms with Gasteiger partial charge in [0.25, 0.3) is 0 Å². The molecular formula is C46H50ClN9O7. The molecule has 4 amide bonds. The number of aromatic amines is 3. The monoisotopic (exact) mass is 875 g/mol. The number of fused-ring (bicyclic) bond motifs is 5. The maximum absolute atomic E-state index is 13.7. The van der Waals surface area contributed by atoms with Crippen molar-refractivity contribution in [3.8, 4) is 39.5 Å². The Morgan fingerprint density at radius 3 is 2.41 bits per heavy atom. The number of amides is 4. The lowest BCUT2D eigenvalue weighted by atomic mass is 9.91. The molecule has 0 radical (unpaired) electrons. The van der Waals surface area contributed by atoms with E-state index >= 15 is 0 Å². The van der Waals surface area contributed by atoms with Crippen LogP contribution in [0.5, 0.6) is 5.75 Å². The number of nitrogens with zero attached hydrogens (tertiary/aromatic N) is 4. The van der Waals surface area contributed by atoms with Crippen LogP contribution in [0.15, 0.2) is 73.1 Å². The number of hydrogen-bond acceptors (Lipinski definition) is 9. The number of H-pyrrole nitrogens is 3. The van der Waals surface area contributed by atoms with Crippen molar-refractivity contribution in [3.05, 3.63) is 101 Å². The average molecular weight is 876 g/mol. The molecule has 0 aliphatic carbocycles. The van der Waals surface area contributed by atoms with Gasteiger partial charge < -0.3 is 49.6 Å². The molecule has 1 saturated heterocycles. The topological polar surface area (TPSA) is 200 Å². The third-order valence-electron chi connectivity index (χ3n) is 11.6. The molecule has 6 aromatic rings. The van der Waals surface area contributed by atoms with Crippen molar-refractivity contribution in [2.45, 2.75) is 64.8 Å². The molecule has 8 rings (SSSR count). The highest BCUT2D eigenvalue weighted by molar-refractivity contribution is 6.30. The fourth-order valence-electron chi connectivity index (χ4n) is 8.44. The van der Waals surface area contributed by atoms with E-state index < -0.39 is 24.3 Å². The first-order valence-electron chi connectivity index (χ1n) is 21.0. The minimum Gasteiger partial charge on any atom is -0.480 e. The van der Waals surface area contributed by atoms with E-state index in [1.54, 1.807) is 22.2 Å². The fourth-order valence-corrected chi connectivity index (χ4v) is 8.57. The summed E-state index contributed by atoms with van der Waals surface area (Å²) < 4.78 is 16.3. The lowest BCUT2D eigenvalue weighted by molar-refractivity contribution is -0.135. The molecule has 1 fully saturated rings. The summed E-state index contributed by atoms with van der Waals surface area (Å²) in [7, 11) is 2.54. The van der Waals surface area contributed by atoms with Crippen molar-refractivity contribution >= 4 is 46.5 Å². The number of halogens is 1. The lowest BCUT2D eigenvalue weighted by Gasteiger charge is -2.28. The third-order valence-corrected chi connectivity index (χ3v) is 11.9. The molecule has 17 heteroatoms. The number of carbonyl (C=O) groups excluding carboxylic acids is 4. The van der Waals surface area contributed by atoms with Gasteiger partial charge in [-0.15, -0.1) is 0 Å². The van der Waals surface area contributed by atoms with Gasteiger partial charge in [0.15, 0.2) is 6.10 Å². The molecule has 3 aromatic heterocycles. The molecule has 2 aliphatic heterocycles. The Labute approximate surface area is 369 Å². The highest BCUT2D eigenvalue weighted by atomic mass is 35.5. The minimum atomic E-state index is -0.747. The number of likely N-dealkylation sites (tertiary alicyclic amines) is 1. The molecule has 16 nitrogen and oxygen atoms in total. The Morgan fingerprint density at radius 2 is 1.67 bits per heavy atom. The number of hydrogen-bond donors (Lipinski definition) is 5.